The summed E-state index contributed by atoms with van der Waals surface area (Å²) < 4.78 is 0. The number of hydrogen-bond donors (Lipinski definition) is 2. The van der Waals surface area contributed by atoms with Gasteiger partial charge in [-0.25, -0.2) is 5.43 Å². The number of halogens is 1. The molecule has 2 N–H and O–H groups in total. The first-order valence-electron chi connectivity index (χ1n) is 9.43. The molecule has 0 saturated heterocycles. The Labute approximate surface area is 176 Å². The van der Waals surface area contributed by atoms with Crippen LogP contribution in [0.15, 0.2) is 53.6 Å². The van der Waals surface area contributed by atoms with Crippen LogP contribution in [0.5, 0.6) is 0 Å². The molecule has 0 aromatic heterocycles. The second-order valence-corrected chi connectivity index (χ2v) is 7.82. The maximum absolute atomic E-state index is 12.6. The van der Waals surface area contributed by atoms with Crippen molar-refractivity contribution in [2.75, 3.05) is 19.0 Å². The van der Waals surface area contributed by atoms with Gasteiger partial charge in [-0.05, 0) is 54.3 Å². The monoisotopic (exact) mass is 414 g/mol. The lowest BCUT2D eigenvalue weighted by Gasteiger charge is -2.19. The van der Waals surface area contributed by atoms with Gasteiger partial charge in [-0.2, -0.15) is 5.10 Å². The minimum Gasteiger partial charge on any atom is -0.378 e. The van der Waals surface area contributed by atoms with E-state index in [2.05, 4.69) is 15.8 Å². The molecule has 6 nitrogen and oxygen atoms in total. The molecule has 0 fully saturated rings. The van der Waals surface area contributed by atoms with Crippen molar-refractivity contribution in [3.8, 4) is 0 Å². The molecule has 154 valence electrons. The zero-order valence-electron chi connectivity index (χ0n) is 17.1. The van der Waals surface area contributed by atoms with Crippen LogP contribution >= 0.6 is 11.6 Å². The number of amides is 2. The summed E-state index contributed by atoms with van der Waals surface area (Å²) in [4.78, 5) is 27.0. The van der Waals surface area contributed by atoms with Crippen LogP contribution in [0.3, 0.4) is 0 Å². The Bertz CT molecular complexity index is 846. The molecule has 1 atom stereocenters. The number of hydrazone groups is 1. The van der Waals surface area contributed by atoms with Gasteiger partial charge in [0.25, 0.3) is 11.8 Å². The van der Waals surface area contributed by atoms with Gasteiger partial charge in [0.15, 0.2) is 0 Å². The largest absolute Gasteiger partial charge is 0.378 e. The van der Waals surface area contributed by atoms with Gasteiger partial charge in [0.05, 0.1) is 6.21 Å². The van der Waals surface area contributed by atoms with Gasteiger partial charge in [-0.1, -0.05) is 37.6 Å². The topological polar surface area (TPSA) is 73.8 Å². The van der Waals surface area contributed by atoms with E-state index in [1.165, 1.54) is 0 Å². The molecule has 2 aromatic rings. The van der Waals surface area contributed by atoms with E-state index in [0.717, 1.165) is 11.3 Å². The van der Waals surface area contributed by atoms with E-state index in [1.807, 2.05) is 57.1 Å². The number of carbonyl (C=O) groups excluding carboxylic acids is 2. The van der Waals surface area contributed by atoms with Gasteiger partial charge in [-0.3, -0.25) is 9.59 Å². The summed E-state index contributed by atoms with van der Waals surface area (Å²) in [6.45, 7) is 3.98. The Kier molecular flexibility index (Phi) is 8.21. The summed E-state index contributed by atoms with van der Waals surface area (Å²) in [6, 6.07) is 13.6. The highest BCUT2D eigenvalue weighted by atomic mass is 35.5. The van der Waals surface area contributed by atoms with E-state index in [4.69, 9.17) is 11.6 Å². The van der Waals surface area contributed by atoms with Gasteiger partial charge in [0.2, 0.25) is 0 Å². The zero-order valence-corrected chi connectivity index (χ0v) is 17.9. The molecule has 7 heteroatoms. The molecule has 2 amide bonds. The van der Waals surface area contributed by atoms with Crippen molar-refractivity contribution in [1.29, 1.82) is 0 Å². The number of nitrogens with zero attached hydrogens (tertiary/aromatic N) is 2. The fraction of sp³-hybridized carbons (Fsp3) is 0.318. The lowest BCUT2D eigenvalue weighted by Crippen LogP contribution is -2.46. The predicted molar refractivity (Wildman–Crippen MR) is 119 cm³/mol. The smallest absolute Gasteiger partial charge is 0.262 e. The Morgan fingerprint density at radius 3 is 2.24 bits per heavy atom. The van der Waals surface area contributed by atoms with E-state index in [1.54, 1.807) is 30.5 Å². The molecule has 2 rings (SSSR count). The molecular formula is C22H27ClN4O2. The first kappa shape index (κ1) is 22.4. The number of benzene rings is 2. The van der Waals surface area contributed by atoms with Crippen LogP contribution in [0.25, 0.3) is 0 Å². The SMILES string of the molecule is CC(C)CC(NC(=O)c1ccc(Cl)cc1)C(=O)NN=Cc1ccc(N(C)C)cc1. The van der Waals surface area contributed by atoms with Gasteiger partial charge in [0.1, 0.15) is 6.04 Å². The standard InChI is InChI=1S/C22H27ClN4O2/c1-15(2)13-20(25-21(28)17-7-9-18(23)10-8-17)22(29)26-24-14-16-5-11-19(12-6-16)27(3)4/h5-12,14-15,20H,13H2,1-4H3,(H,25,28)(H,26,29). The minimum atomic E-state index is -0.688. The van der Waals surface area contributed by atoms with Crippen molar-refractivity contribution in [3.63, 3.8) is 0 Å². The number of carbonyl (C=O) groups is 2. The predicted octanol–water partition coefficient (Wildman–Crippen LogP) is 3.70. The molecule has 0 aliphatic rings. The van der Waals surface area contributed by atoms with E-state index in [0.29, 0.717) is 17.0 Å². The van der Waals surface area contributed by atoms with Crippen molar-refractivity contribution in [2.24, 2.45) is 11.0 Å². The third-order valence-corrected chi connectivity index (χ3v) is 4.49. The lowest BCUT2D eigenvalue weighted by atomic mass is 10.0. The van der Waals surface area contributed by atoms with Crippen LogP contribution in [-0.2, 0) is 4.79 Å². The Morgan fingerprint density at radius 1 is 1.07 bits per heavy atom. The molecule has 0 radical (unpaired) electrons. The van der Waals surface area contributed by atoms with E-state index in [9.17, 15) is 9.59 Å². The van der Waals surface area contributed by atoms with Crippen molar-refractivity contribution in [2.45, 2.75) is 26.3 Å². The van der Waals surface area contributed by atoms with Gasteiger partial charge < -0.3 is 10.2 Å². The molecule has 2 aromatic carbocycles. The van der Waals surface area contributed by atoms with Crippen LogP contribution in [0, 0.1) is 5.92 Å². The van der Waals surface area contributed by atoms with Crippen LogP contribution in [0.4, 0.5) is 5.69 Å². The molecule has 1 unspecified atom stereocenters. The highest BCUT2D eigenvalue weighted by Crippen LogP contribution is 2.12. The minimum absolute atomic E-state index is 0.221. The van der Waals surface area contributed by atoms with Crippen molar-refractivity contribution >= 4 is 35.3 Å². The first-order chi connectivity index (χ1) is 13.8. The summed E-state index contributed by atoms with van der Waals surface area (Å²) in [5.74, 6) is -0.466. The third kappa shape index (κ3) is 7.23. The normalized spacial score (nSPS) is 12.1. The third-order valence-electron chi connectivity index (χ3n) is 4.23. The Hall–Kier alpha value is -2.86. The van der Waals surface area contributed by atoms with Crippen LogP contribution < -0.4 is 15.6 Å². The van der Waals surface area contributed by atoms with Gasteiger partial charge >= 0.3 is 0 Å². The molecule has 0 aliphatic heterocycles. The van der Waals surface area contributed by atoms with Crippen molar-refractivity contribution in [3.05, 3.63) is 64.7 Å². The number of anilines is 1. The highest BCUT2D eigenvalue weighted by Gasteiger charge is 2.22. The first-order valence-corrected chi connectivity index (χ1v) is 9.80. The summed E-state index contributed by atoms with van der Waals surface area (Å²) >= 11 is 5.86. The molecular weight excluding hydrogens is 388 g/mol. The lowest BCUT2D eigenvalue weighted by molar-refractivity contribution is -0.123. The van der Waals surface area contributed by atoms with Gasteiger partial charge in [0, 0.05) is 30.4 Å². The van der Waals surface area contributed by atoms with Crippen LogP contribution in [0.1, 0.15) is 36.2 Å². The summed E-state index contributed by atoms with van der Waals surface area (Å²) in [7, 11) is 3.94. The number of rotatable bonds is 8. The molecule has 0 bridgehead atoms. The second kappa shape index (κ2) is 10.6. The summed E-state index contributed by atoms with van der Waals surface area (Å²) in [5, 5.41) is 7.36. The molecule has 0 saturated carbocycles. The Balaban J connectivity index is 2.00. The fourth-order valence-corrected chi connectivity index (χ4v) is 2.78. The number of nitrogens with one attached hydrogen (secondary N) is 2. The highest BCUT2D eigenvalue weighted by molar-refractivity contribution is 6.30. The van der Waals surface area contributed by atoms with E-state index in [-0.39, 0.29) is 17.7 Å². The van der Waals surface area contributed by atoms with E-state index < -0.39 is 6.04 Å². The van der Waals surface area contributed by atoms with Gasteiger partial charge in [-0.15, -0.1) is 0 Å². The molecule has 0 heterocycles. The van der Waals surface area contributed by atoms with Crippen LogP contribution in [-0.4, -0.2) is 38.2 Å². The quantitative estimate of drug-likeness (QED) is 0.511. The average Bonchev–Trinajstić information content (AvgIpc) is 2.68. The maximum Gasteiger partial charge on any atom is 0.262 e. The van der Waals surface area contributed by atoms with Crippen LogP contribution in [0.2, 0.25) is 5.02 Å². The van der Waals surface area contributed by atoms with E-state index >= 15 is 0 Å². The maximum atomic E-state index is 12.6. The van der Waals surface area contributed by atoms with Crippen molar-refractivity contribution in [1.82, 2.24) is 10.7 Å². The summed E-state index contributed by atoms with van der Waals surface area (Å²) in [5.41, 5.74) is 4.91. The fourth-order valence-electron chi connectivity index (χ4n) is 2.65. The Morgan fingerprint density at radius 2 is 1.69 bits per heavy atom. The molecule has 0 aliphatic carbocycles. The molecule has 0 spiro atoms. The van der Waals surface area contributed by atoms with Crippen molar-refractivity contribution < 1.29 is 9.59 Å². The molecule has 29 heavy (non-hydrogen) atoms. The second-order valence-electron chi connectivity index (χ2n) is 7.38. The summed E-state index contributed by atoms with van der Waals surface area (Å²) in [6.07, 6.45) is 2.07. The average molecular weight is 415 g/mol. The zero-order chi connectivity index (χ0) is 21.4. The number of hydrogen-bond acceptors (Lipinski definition) is 4.